The van der Waals surface area contributed by atoms with Crippen LogP contribution in [0.5, 0.6) is 0 Å². The van der Waals surface area contributed by atoms with Crippen LogP contribution in [0.2, 0.25) is 0 Å². The fourth-order valence-electron chi connectivity index (χ4n) is 2.82. The second-order valence-corrected chi connectivity index (χ2v) is 6.83. The summed E-state index contributed by atoms with van der Waals surface area (Å²) in [7, 11) is 1.78. The summed E-state index contributed by atoms with van der Waals surface area (Å²) in [6, 6.07) is 10.6. The Kier molecular flexibility index (Phi) is 9.08. The Balaban J connectivity index is 1.81. The molecule has 0 spiro atoms. The van der Waals surface area contributed by atoms with Gasteiger partial charge in [0.25, 0.3) is 0 Å². The molecule has 1 aromatic heterocycles. The van der Waals surface area contributed by atoms with Gasteiger partial charge in [-0.3, -0.25) is 9.78 Å². The maximum Gasteiger partial charge on any atom is 0.244 e. The van der Waals surface area contributed by atoms with Gasteiger partial charge in [0.05, 0.1) is 0 Å². The monoisotopic (exact) mass is 399 g/mol. The number of aryl methyl sites for hydroxylation is 1. The molecule has 0 atom stereocenters. The molecule has 1 heterocycles. The summed E-state index contributed by atoms with van der Waals surface area (Å²) in [6.07, 6.45) is 3.21. The maximum absolute atomic E-state index is 13.2. The minimum Gasteiger partial charge on any atom is -0.357 e. The Hall–Kier alpha value is -2.96. The number of likely N-dealkylation sites (N-methyl/N-ethyl adjacent to an activating group) is 1. The van der Waals surface area contributed by atoms with Crippen LogP contribution in [0.25, 0.3) is 0 Å². The number of aromatic nitrogens is 1. The van der Waals surface area contributed by atoms with Gasteiger partial charge in [0.2, 0.25) is 5.91 Å². The number of benzene rings is 1. The van der Waals surface area contributed by atoms with Crippen LogP contribution in [0.3, 0.4) is 0 Å². The highest BCUT2D eigenvalue weighted by molar-refractivity contribution is 5.84. The fourth-order valence-corrected chi connectivity index (χ4v) is 2.82. The summed E-state index contributed by atoms with van der Waals surface area (Å²) in [5.74, 6) is 0.325. The van der Waals surface area contributed by atoms with Crippen molar-refractivity contribution in [3.63, 3.8) is 0 Å². The first kappa shape index (κ1) is 22.3. The van der Waals surface area contributed by atoms with E-state index in [0.717, 1.165) is 23.2 Å². The number of nitrogens with one attached hydrogen (secondary N) is 2. The number of carbonyl (C=O) groups excluding carboxylic acids is 1. The molecule has 1 aromatic carbocycles. The van der Waals surface area contributed by atoms with Gasteiger partial charge in [-0.05, 0) is 55.7 Å². The highest BCUT2D eigenvalue weighted by atomic mass is 19.1. The van der Waals surface area contributed by atoms with E-state index in [4.69, 9.17) is 0 Å². The van der Waals surface area contributed by atoms with Crippen molar-refractivity contribution >= 4 is 11.9 Å². The van der Waals surface area contributed by atoms with Gasteiger partial charge in [-0.15, -0.1) is 0 Å². The smallest absolute Gasteiger partial charge is 0.244 e. The van der Waals surface area contributed by atoms with E-state index >= 15 is 0 Å². The summed E-state index contributed by atoms with van der Waals surface area (Å²) < 4.78 is 13.2. The number of hydrogen-bond donors (Lipinski definition) is 2. The lowest BCUT2D eigenvalue weighted by molar-refractivity contribution is -0.128. The molecule has 156 valence electrons. The number of nitrogens with zero attached hydrogens (tertiary/aromatic N) is 3. The molecule has 0 saturated heterocycles. The fraction of sp³-hybridized carbons (Fsp3) is 0.409. The van der Waals surface area contributed by atoms with E-state index in [1.165, 1.54) is 12.1 Å². The largest absolute Gasteiger partial charge is 0.357 e. The van der Waals surface area contributed by atoms with Crippen LogP contribution in [0, 0.1) is 12.7 Å². The first-order chi connectivity index (χ1) is 14.0. The standard InChI is InChI=1S/C22H30FN5O/c1-4-24-22(26-13-10-18-8-9-19(23)15-17(18)2)27-16-21(29)28(3)14-11-20-7-5-6-12-25-20/h5-9,12,15H,4,10-11,13-14,16H2,1-3H3,(H2,24,26,27). The third kappa shape index (κ3) is 7.89. The lowest BCUT2D eigenvalue weighted by Crippen LogP contribution is -2.39. The van der Waals surface area contributed by atoms with E-state index in [2.05, 4.69) is 20.6 Å². The van der Waals surface area contributed by atoms with E-state index in [1.54, 1.807) is 24.2 Å². The molecule has 0 unspecified atom stereocenters. The van der Waals surface area contributed by atoms with Crippen molar-refractivity contribution in [2.24, 2.45) is 4.99 Å². The SMILES string of the molecule is CCNC(=NCC(=O)N(C)CCc1ccccn1)NCCc1ccc(F)cc1C. The molecule has 0 radical (unpaired) electrons. The Morgan fingerprint density at radius 2 is 2.03 bits per heavy atom. The van der Waals surface area contributed by atoms with Gasteiger partial charge in [-0.1, -0.05) is 12.1 Å². The van der Waals surface area contributed by atoms with Crippen LogP contribution in [0.15, 0.2) is 47.6 Å². The Morgan fingerprint density at radius 1 is 1.21 bits per heavy atom. The summed E-state index contributed by atoms with van der Waals surface area (Å²) >= 11 is 0. The lowest BCUT2D eigenvalue weighted by Gasteiger charge is -2.17. The van der Waals surface area contributed by atoms with Crippen molar-refractivity contribution in [3.05, 3.63) is 65.2 Å². The summed E-state index contributed by atoms with van der Waals surface area (Å²) in [5, 5.41) is 6.37. The molecule has 2 N–H and O–H groups in total. The molecular formula is C22H30FN5O. The molecule has 29 heavy (non-hydrogen) atoms. The van der Waals surface area contributed by atoms with E-state index in [-0.39, 0.29) is 18.3 Å². The number of carbonyl (C=O) groups is 1. The number of pyridine rings is 1. The van der Waals surface area contributed by atoms with Crippen LogP contribution < -0.4 is 10.6 Å². The van der Waals surface area contributed by atoms with Gasteiger partial charge < -0.3 is 15.5 Å². The molecule has 0 fully saturated rings. The van der Waals surface area contributed by atoms with Crippen molar-refractivity contribution in [2.75, 3.05) is 33.2 Å². The number of amides is 1. The zero-order valence-corrected chi connectivity index (χ0v) is 17.4. The zero-order chi connectivity index (χ0) is 21.1. The van der Waals surface area contributed by atoms with Crippen molar-refractivity contribution in [1.29, 1.82) is 0 Å². The van der Waals surface area contributed by atoms with Crippen molar-refractivity contribution in [3.8, 4) is 0 Å². The Bertz CT molecular complexity index is 810. The zero-order valence-electron chi connectivity index (χ0n) is 17.4. The number of aliphatic imine (C=N–C) groups is 1. The quantitative estimate of drug-likeness (QED) is 0.502. The normalized spacial score (nSPS) is 11.2. The molecule has 7 heteroatoms. The van der Waals surface area contributed by atoms with Gasteiger partial charge >= 0.3 is 0 Å². The molecule has 0 aliphatic rings. The molecule has 2 aromatic rings. The molecule has 0 aliphatic heterocycles. The topological polar surface area (TPSA) is 69.6 Å². The highest BCUT2D eigenvalue weighted by Crippen LogP contribution is 2.10. The van der Waals surface area contributed by atoms with Crippen molar-refractivity contribution in [2.45, 2.75) is 26.7 Å². The first-order valence-corrected chi connectivity index (χ1v) is 9.90. The van der Waals surface area contributed by atoms with Crippen molar-refractivity contribution in [1.82, 2.24) is 20.5 Å². The van der Waals surface area contributed by atoms with E-state index in [1.807, 2.05) is 32.0 Å². The molecule has 6 nitrogen and oxygen atoms in total. The van der Waals surface area contributed by atoms with E-state index in [9.17, 15) is 9.18 Å². The van der Waals surface area contributed by atoms with E-state index < -0.39 is 0 Å². The molecule has 0 aliphatic carbocycles. The maximum atomic E-state index is 13.2. The number of halogens is 1. The average Bonchev–Trinajstić information content (AvgIpc) is 2.72. The lowest BCUT2D eigenvalue weighted by atomic mass is 10.1. The molecule has 1 amide bonds. The van der Waals surface area contributed by atoms with Crippen LogP contribution in [0.1, 0.15) is 23.7 Å². The van der Waals surface area contributed by atoms with Crippen LogP contribution >= 0.6 is 0 Å². The van der Waals surface area contributed by atoms with Gasteiger partial charge in [-0.2, -0.15) is 0 Å². The van der Waals surface area contributed by atoms with Gasteiger partial charge in [0.15, 0.2) is 5.96 Å². The third-order valence-corrected chi connectivity index (χ3v) is 4.56. The van der Waals surface area contributed by atoms with Crippen LogP contribution in [-0.2, 0) is 17.6 Å². The van der Waals surface area contributed by atoms with Gasteiger partial charge in [0, 0.05) is 45.0 Å². The number of rotatable bonds is 9. The minimum atomic E-state index is -0.222. The van der Waals surface area contributed by atoms with Crippen LogP contribution in [0.4, 0.5) is 4.39 Å². The van der Waals surface area contributed by atoms with Gasteiger partial charge in [-0.25, -0.2) is 9.38 Å². The summed E-state index contributed by atoms with van der Waals surface area (Å²) in [6.45, 7) is 5.88. The molecule has 0 saturated carbocycles. The summed E-state index contributed by atoms with van der Waals surface area (Å²) in [5.41, 5.74) is 2.97. The Morgan fingerprint density at radius 3 is 2.72 bits per heavy atom. The number of hydrogen-bond acceptors (Lipinski definition) is 3. The molecule has 0 bridgehead atoms. The minimum absolute atomic E-state index is 0.0486. The number of guanidine groups is 1. The molecule has 2 rings (SSSR count). The second kappa shape index (κ2) is 11.8. The first-order valence-electron chi connectivity index (χ1n) is 9.90. The van der Waals surface area contributed by atoms with Crippen LogP contribution in [-0.4, -0.2) is 55.0 Å². The predicted molar refractivity (Wildman–Crippen MR) is 114 cm³/mol. The molecular weight excluding hydrogens is 369 g/mol. The third-order valence-electron chi connectivity index (χ3n) is 4.56. The summed E-state index contributed by atoms with van der Waals surface area (Å²) in [4.78, 5) is 22.7. The highest BCUT2D eigenvalue weighted by Gasteiger charge is 2.09. The second-order valence-electron chi connectivity index (χ2n) is 6.83. The van der Waals surface area contributed by atoms with Crippen molar-refractivity contribution < 1.29 is 9.18 Å². The van der Waals surface area contributed by atoms with Gasteiger partial charge in [0.1, 0.15) is 12.4 Å². The Labute approximate surface area is 172 Å². The predicted octanol–water partition coefficient (Wildman–Crippen LogP) is 2.33. The average molecular weight is 400 g/mol. The van der Waals surface area contributed by atoms with E-state index in [0.29, 0.717) is 32.0 Å².